The first-order valence-electron chi connectivity index (χ1n) is 5.63. The molecule has 0 radical (unpaired) electrons. The monoisotopic (exact) mass is 270 g/mol. The minimum atomic E-state index is -3.47. The summed E-state index contributed by atoms with van der Waals surface area (Å²) in [7, 11) is -3.47. The van der Waals surface area contributed by atoms with Gasteiger partial charge in [-0.15, -0.1) is 0 Å². The maximum Gasteiger partial charge on any atom is 0.239 e. The Bertz CT molecular complexity index is 509. The second-order valence-electron chi connectivity index (χ2n) is 4.27. The van der Waals surface area contributed by atoms with Gasteiger partial charge in [0.2, 0.25) is 5.91 Å². The van der Waals surface area contributed by atoms with E-state index in [2.05, 4.69) is 5.32 Å². The third-order valence-electron chi connectivity index (χ3n) is 2.61. The number of hydrogen-bond donors (Lipinski definition) is 2. The average Bonchev–Trinajstić information content (AvgIpc) is 2.30. The van der Waals surface area contributed by atoms with Crippen molar-refractivity contribution in [1.29, 1.82) is 0 Å². The summed E-state index contributed by atoms with van der Waals surface area (Å²) in [6, 6.07) is 7.14. The SMILES string of the molecule is Cc1ccc(NC(=O)CS(=O)(=O)C(C)CN)cc1. The van der Waals surface area contributed by atoms with Crippen LogP contribution in [0.25, 0.3) is 0 Å². The maximum atomic E-state index is 11.7. The van der Waals surface area contributed by atoms with E-state index in [1.807, 2.05) is 19.1 Å². The molecule has 1 aromatic carbocycles. The highest BCUT2D eigenvalue weighted by Gasteiger charge is 2.23. The van der Waals surface area contributed by atoms with E-state index >= 15 is 0 Å². The van der Waals surface area contributed by atoms with Crippen molar-refractivity contribution in [1.82, 2.24) is 0 Å². The van der Waals surface area contributed by atoms with Gasteiger partial charge in [0.25, 0.3) is 0 Å². The van der Waals surface area contributed by atoms with Crippen LogP contribution in [0.1, 0.15) is 12.5 Å². The van der Waals surface area contributed by atoms with Crippen LogP contribution in [0, 0.1) is 6.92 Å². The number of benzene rings is 1. The van der Waals surface area contributed by atoms with Crippen molar-refractivity contribution in [2.75, 3.05) is 17.6 Å². The minimum absolute atomic E-state index is 0.0140. The Morgan fingerprint density at radius 2 is 1.89 bits per heavy atom. The van der Waals surface area contributed by atoms with E-state index in [1.54, 1.807) is 12.1 Å². The summed E-state index contributed by atoms with van der Waals surface area (Å²) < 4.78 is 23.4. The molecule has 0 saturated carbocycles. The van der Waals surface area contributed by atoms with Crippen LogP contribution in [0.5, 0.6) is 0 Å². The zero-order chi connectivity index (χ0) is 13.8. The van der Waals surface area contributed by atoms with Gasteiger partial charge in [0.05, 0.1) is 5.25 Å². The van der Waals surface area contributed by atoms with Gasteiger partial charge in [-0.2, -0.15) is 0 Å². The Morgan fingerprint density at radius 1 is 1.33 bits per heavy atom. The Kier molecular flexibility index (Phi) is 4.86. The zero-order valence-electron chi connectivity index (χ0n) is 10.5. The fourth-order valence-corrected chi connectivity index (χ4v) is 2.32. The molecule has 0 aromatic heterocycles. The molecular formula is C12H18N2O3S. The molecule has 1 aromatic rings. The highest BCUT2D eigenvalue weighted by atomic mass is 32.2. The lowest BCUT2D eigenvalue weighted by Crippen LogP contribution is -2.33. The Hall–Kier alpha value is -1.40. The van der Waals surface area contributed by atoms with Gasteiger partial charge in [-0.05, 0) is 26.0 Å². The molecule has 0 aliphatic heterocycles. The summed E-state index contributed by atoms with van der Waals surface area (Å²) in [4.78, 5) is 11.6. The molecule has 1 amide bonds. The molecule has 3 N–H and O–H groups in total. The van der Waals surface area contributed by atoms with Crippen LogP contribution in [-0.2, 0) is 14.6 Å². The van der Waals surface area contributed by atoms with Crippen LogP contribution in [0.4, 0.5) is 5.69 Å². The molecule has 6 heteroatoms. The van der Waals surface area contributed by atoms with Crippen LogP contribution in [0.15, 0.2) is 24.3 Å². The van der Waals surface area contributed by atoms with E-state index in [1.165, 1.54) is 6.92 Å². The summed E-state index contributed by atoms with van der Waals surface area (Å²) in [5.41, 5.74) is 6.94. The van der Waals surface area contributed by atoms with Crippen molar-refractivity contribution in [3.8, 4) is 0 Å². The smallest absolute Gasteiger partial charge is 0.239 e. The number of aryl methyl sites for hydroxylation is 1. The predicted octanol–water partition coefficient (Wildman–Crippen LogP) is 0.696. The van der Waals surface area contributed by atoms with Crippen molar-refractivity contribution in [3.05, 3.63) is 29.8 Å². The lowest BCUT2D eigenvalue weighted by atomic mass is 10.2. The van der Waals surface area contributed by atoms with Gasteiger partial charge in [-0.3, -0.25) is 4.79 Å². The molecule has 0 spiro atoms. The van der Waals surface area contributed by atoms with E-state index in [-0.39, 0.29) is 6.54 Å². The molecule has 0 aliphatic carbocycles. The number of rotatable bonds is 5. The van der Waals surface area contributed by atoms with Crippen molar-refractivity contribution in [2.24, 2.45) is 5.73 Å². The molecule has 0 bridgehead atoms. The van der Waals surface area contributed by atoms with Crippen molar-refractivity contribution >= 4 is 21.4 Å². The number of amides is 1. The molecule has 1 atom stereocenters. The Morgan fingerprint density at radius 3 is 2.39 bits per heavy atom. The summed E-state index contributed by atoms with van der Waals surface area (Å²) in [6.07, 6.45) is 0. The summed E-state index contributed by atoms with van der Waals surface area (Å²) in [6.45, 7) is 3.44. The van der Waals surface area contributed by atoms with Gasteiger partial charge in [0.15, 0.2) is 9.84 Å². The molecule has 0 heterocycles. The first-order valence-corrected chi connectivity index (χ1v) is 7.35. The van der Waals surface area contributed by atoms with Gasteiger partial charge in [0.1, 0.15) is 5.75 Å². The standard InChI is InChI=1S/C12H18N2O3S/c1-9-3-5-11(6-4-9)14-12(15)8-18(16,17)10(2)7-13/h3-6,10H,7-8,13H2,1-2H3,(H,14,15). The Balaban J connectivity index is 2.65. The lowest BCUT2D eigenvalue weighted by Gasteiger charge is -2.10. The van der Waals surface area contributed by atoms with Gasteiger partial charge in [-0.1, -0.05) is 17.7 Å². The highest BCUT2D eigenvalue weighted by molar-refractivity contribution is 7.92. The lowest BCUT2D eigenvalue weighted by molar-refractivity contribution is -0.113. The third kappa shape index (κ3) is 4.12. The van der Waals surface area contributed by atoms with Crippen molar-refractivity contribution in [2.45, 2.75) is 19.1 Å². The highest BCUT2D eigenvalue weighted by Crippen LogP contribution is 2.09. The van der Waals surface area contributed by atoms with Crippen LogP contribution in [0.2, 0.25) is 0 Å². The number of sulfone groups is 1. The summed E-state index contributed by atoms with van der Waals surface area (Å²) in [5, 5.41) is 1.84. The molecule has 18 heavy (non-hydrogen) atoms. The summed E-state index contributed by atoms with van der Waals surface area (Å²) >= 11 is 0. The topological polar surface area (TPSA) is 89.3 Å². The second-order valence-corrected chi connectivity index (χ2v) is 6.69. The molecular weight excluding hydrogens is 252 g/mol. The van der Waals surface area contributed by atoms with E-state index in [0.29, 0.717) is 5.69 Å². The molecule has 5 nitrogen and oxygen atoms in total. The fraction of sp³-hybridized carbons (Fsp3) is 0.417. The van der Waals surface area contributed by atoms with Crippen molar-refractivity contribution in [3.63, 3.8) is 0 Å². The first-order chi connectivity index (χ1) is 8.35. The van der Waals surface area contributed by atoms with Crippen LogP contribution in [0.3, 0.4) is 0 Å². The van der Waals surface area contributed by atoms with Gasteiger partial charge in [-0.25, -0.2) is 8.42 Å². The second kappa shape index (κ2) is 5.97. The van der Waals surface area contributed by atoms with Crippen LogP contribution < -0.4 is 11.1 Å². The van der Waals surface area contributed by atoms with E-state index in [9.17, 15) is 13.2 Å². The third-order valence-corrected chi connectivity index (χ3v) is 4.70. The van der Waals surface area contributed by atoms with Crippen LogP contribution in [-0.4, -0.2) is 31.9 Å². The van der Waals surface area contributed by atoms with E-state index < -0.39 is 26.7 Å². The van der Waals surface area contributed by atoms with Gasteiger partial charge >= 0.3 is 0 Å². The maximum absolute atomic E-state index is 11.7. The number of carbonyl (C=O) groups is 1. The average molecular weight is 270 g/mol. The normalized spacial score (nSPS) is 13.1. The predicted molar refractivity (Wildman–Crippen MR) is 72.1 cm³/mol. The first kappa shape index (κ1) is 14.7. The largest absolute Gasteiger partial charge is 0.329 e. The number of nitrogens with two attached hydrogens (primary N) is 1. The minimum Gasteiger partial charge on any atom is -0.329 e. The van der Waals surface area contributed by atoms with Crippen molar-refractivity contribution < 1.29 is 13.2 Å². The number of carbonyl (C=O) groups excluding carboxylic acids is 1. The number of hydrogen-bond acceptors (Lipinski definition) is 4. The van der Waals surface area contributed by atoms with E-state index in [4.69, 9.17) is 5.73 Å². The van der Waals surface area contributed by atoms with Crippen LogP contribution >= 0.6 is 0 Å². The molecule has 0 saturated heterocycles. The van der Waals surface area contributed by atoms with Gasteiger partial charge < -0.3 is 11.1 Å². The van der Waals surface area contributed by atoms with E-state index in [0.717, 1.165) is 5.56 Å². The number of nitrogens with one attached hydrogen (secondary N) is 1. The quantitative estimate of drug-likeness (QED) is 0.824. The molecule has 0 fully saturated rings. The molecule has 100 valence electrons. The molecule has 1 unspecified atom stereocenters. The fourth-order valence-electron chi connectivity index (χ4n) is 1.31. The molecule has 0 aliphatic rings. The number of anilines is 1. The van der Waals surface area contributed by atoms with Gasteiger partial charge in [0, 0.05) is 12.2 Å². The summed E-state index contributed by atoms with van der Waals surface area (Å²) in [5.74, 6) is -1.08. The molecule has 1 rings (SSSR count). The zero-order valence-corrected chi connectivity index (χ0v) is 11.3. The Labute approximate surface area is 107 Å².